The van der Waals surface area contributed by atoms with Gasteiger partial charge in [0.25, 0.3) is 0 Å². The van der Waals surface area contributed by atoms with Gasteiger partial charge in [-0.1, -0.05) is 35.1 Å². The van der Waals surface area contributed by atoms with E-state index < -0.39 is 0 Å². The van der Waals surface area contributed by atoms with Gasteiger partial charge in [0.05, 0.1) is 6.04 Å². The van der Waals surface area contributed by atoms with Crippen molar-refractivity contribution >= 4 is 22.9 Å². The standard InChI is InChI=1S/C11H12ClN3S/c1-7(13)11-15-14-10(16-11)6-8-2-4-9(12)5-3-8/h2-5,7H,6,13H2,1H3. The van der Waals surface area contributed by atoms with Crippen molar-refractivity contribution in [2.24, 2.45) is 5.73 Å². The Morgan fingerprint density at radius 2 is 2.00 bits per heavy atom. The molecule has 1 unspecified atom stereocenters. The Morgan fingerprint density at radius 3 is 2.56 bits per heavy atom. The van der Waals surface area contributed by atoms with E-state index in [1.807, 2.05) is 31.2 Å². The maximum atomic E-state index is 5.82. The number of rotatable bonds is 3. The van der Waals surface area contributed by atoms with Crippen LogP contribution < -0.4 is 5.73 Å². The Hall–Kier alpha value is -0.970. The van der Waals surface area contributed by atoms with Crippen molar-refractivity contribution in [3.05, 3.63) is 44.9 Å². The molecule has 16 heavy (non-hydrogen) atoms. The van der Waals surface area contributed by atoms with Crippen LogP contribution in [0.2, 0.25) is 5.02 Å². The number of aromatic nitrogens is 2. The first kappa shape index (κ1) is 11.5. The van der Waals surface area contributed by atoms with Crippen LogP contribution in [0.25, 0.3) is 0 Å². The number of benzene rings is 1. The number of nitrogens with zero attached hydrogens (tertiary/aromatic N) is 2. The molecule has 0 radical (unpaired) electrons. The zero-order chi connectivity index (χ0) is 11.5. The first-order valence-corrected chi connectivity index (χ1v) is 6.17. The molecule has 0 bridgehead atoms. The predicted molar refractivity (Wildman–Crippen MR) is 66.8 cm³/mol. The molecule has 2 N–H and O–H groups in total. The molecule has 1 heterocycles. The summed E-state index contributed by atoms with van der Waals surface area (Å²) >= 11 is 7.38. The van der Waals surface area contributed by atoms with Gasteiger partial charge in [-0.25, -0.2) is 0 Å². The lowest BCUT2D eigenvalue weighted by Gasteiger charge is -1.97. The van der Waals surface area contributed by atoms with Crippen molar-refractivity contribution in [2.75, 3.05) is 0 Å². The largest absolute Gasteiger partial charge is 0.322 e. The average molecular weight is 254 g/mol. The predicted octanol–water partition coefficient (Wildman–Crippen LogP) is 2.80. The molecule has 84 valence electrons. The molecule has 0 aliphatic rings. The molecule has 0 aliphatic heterocycles. The summed E-state index contributed by atoms with van der Waals surface area (Å²) in [6.07, 6.45) is 0.779. The van der Waals surface area contributed by atoms with E-state index in [1.54, 1.807) is 11.3 Å². The number of hydrogen-bond acceptors (Lipinski definition) is 4. The Morgan fingerprint density at radius 1 is 1.31 bits per heavy atom. The fourth-order valence-electron chi connectivity index (χ4n) is 1.30. The van der Waals surface area contributed by atoms with Gasteiger partial charge < -0.3 is 5.73 Å². The summed E-state index contributed by atoms with van der Waals surface area (Å²) in [5, 5.41) is 10.8. The number of halogens is 1. The minimum absolute atomic E-state index is 0.0449. The monoisotopic (exact) mass is 253 g/mol. The zero-order valence-electron chi connectivity index (χ0n) is 8.85. The highest BCUT2D eigenvalue weighted by molar-refractivity contribution is 7.11. The second kappa shape index (κ2) is 4.91. The highest BCUT2D eigenvalue weighted by Crippen LogP contribution is 2.19. The summed E-state index contributed by atoms with van der Waals surface area (Å²) < 4.78 is 0. The summed E-state index contributed by atoms with van der Waals surface area (Å²) in [7, 11) is 0. The van der Waals surface area contributed by atoms with Gasteiger partial charge in [-0.05, 0) is 24.6 Å². The second-order valence-electron chi connectivity index (χ2n) is 3.63. The van der Waals surface area contributed by atoms with Crippen LogP contribution in [0.15, 0.2) is 24.3 Å². The molecule has 1 aromatic carbocycles. The Kier molecular flexibility index (Phi) is 3.53. The molecule has 3 nitrogen and oxygen atoms in total. The molecule has 0 saturated heterocycles. The first-order valence-electron chi connectivity index (χ1n) is 4.97. The Balaban J connectivity index is 2.11. The molecule has 1 aromatic heterocycles. The van der Waals surface area contributed by atoms with E-state index >= 15 is 0 Å². The maximum absolute atomic E-state index is 5.82. The van der Waals surface area contributed by atoms with Crippen LogP contribution in [0.4, 0.5) is 0 Å². The van der Waals surface area contributed by atoms with E-state index in [0.717, 1.165) is 21.5 Å². The van der Waals surface area contributed by atoms with Crippen molar-refractivity contribution in [3.63, 3.8) is 0 Å². The molecule has 0 amide bonds. The molecular formula is C11H12ClN3S. The lowest BCUT2D eigenvalue weighted by atomic mass is 10.2. The molecule has 5 heteroatoms. The molecule has 2 rings (SSSR count). The molecule has 2 aromatic rings. The summed E-state index contributed by atoms with van der Waals surface area (Å²) in [5.41, 5.74) is 6.91. The molecular weight excluding hydrogens is 242 g/mol. The lowest BCUT2D eigenvalue weighted by Crippen LogP contribution is -2.03. The van der Waals surface area contributed by atoms with Gasteiger partial charge in [-0.2, -0.15) is 0 Å². The van der Waals surface area contributed by atoms with Crippen molar-refractivity contribution < 1.29 is 0 Å². The highest BCUT2D eigenvalue weighted by Gasteiger charge is 2.08. The lowest BCUT2D eigenvalue weighted by molar-refractivity contribution is 0.782. The van der Waals surface area contributed by atoms with Crippen LogP contribution in [0, 0.1) is 0 Å². The minimum atomic E-state index is -0.0449. The van der Waals surface area contributed by atoms with Crippen LogP contribution in [0.5, 0.6) is 0 Å². The summed E-state index contributed by atoms with van der Waals surface area (Å²) in [6, 6.07) is 7.70. The fraction of sp³-hybridized carbons (Fsp3) is 0.273. The van der Waals surface area contributed by atoms with E-state index in [4.69, 9.17) is 17.3 Å². The van der Waals surface area contributed by atoms with Crippen molar-refractivity contribution in [2.45, 2.75) is 19.4 Å². The molecule has 1 atom stereocenters. The number of nitrogens with two attached hydrogens (primary N) is 1. The highest BCUT2D eigenvalue weighted by atomic mass is 35.5. The van der Waals surface area contributed by atoms with E-state index in [2.05, 4.69) is 10.2 Å². The van der Waals surface area contributed by atoms with E-state index in [9.17, 15) is 0 Å². The normalized spacial score (nSPS) is 12.7. The first-order chi connectivity index (χ1) is 7.65. The van der Waals surface area contributed by atoms with Crippen molar-refractivity contribution in [3.8, 4) is 0 Å². The van der Waals surface area contributed by atoms with Crippen molar-refractivity contribution in [1.29, 1.82) is 0 Å². The van der Waals surface area contributed by atoms with Gasteiger partial charge in [0, 0.05) is 11.4 Å². The van der Waals surface area contributed by atoms with Gasteiger partial charge in [0.1, 0.15) is 10.0 Å². The molecule has 0 fully saturated rings. The third-order valence-corrected chi connectivity index (χ3v) is 3.52. The quantitative estimate of drug-likeness (QED) is 0.915. The van der Waals surface area contributed by atoms with Crippen LogP contribution in [0.3, 0.4) is 0 Å². The van der Waals surface area contributed by atoms with E-state index in [0.29, 0.717) is 0 Å². The maximum Gasteiger partial charge on any atom is 0.133 e. The summed E-state index contributed by atoms with van der Waals surface area (Å²) in [4.78, 5) is 0. The van der Waals surface area contributed by atoms with Crippen LogP contribution in [0.1, 0.15) is 28.5 Å². The van der Waals surface area contributed by atoms with E-state index in [-0.39, 0.29) is 6.04 Å². The topological polar surface area (TPSA) is 51.8 Å². The van der Waals surface area contributed by atoms with Crippen LogP contribution in [-0.2, 0) is 6.42 Å². The average Bonchev–Trinajstić information content (AvgIpc) is 2.70. The SMILES string of the molecule is CC(N)c1nnc(Cc2ccc(Cl)cc2)s1. The van der Waals surface area contributed by atoms with Crippen molar-refractivity contribution in [1.82, 2.24) is 10.2 Å². The molecule has 0 spiro atoms. The van der Waals surface area contributed by atoms with Gasteiger partial charge in [-0.15, -0.1) is 10.2 Å². The third kappa shape index (κ3) is 2.78. The molecule has 0 saturated carbocycles. The third-order valence-electron chi connectivity index (χ3n) is 2.14. The zero-order valence-corrected chi connectivity index (χ0v) is 10.4. The summed E-state index contributed by atoms with van der Waals surface area (Å²) in [6.45, 7) is 1.91. The smallest absolute Gasteiger partial charge is 0.133 e. The van der Waals surface area contributed by atoms with Crippen LogP contribution in [-0.4, -0.2) is 10.2 Å². The molecule has 0 aliphatic carbocycles. The number of hydrogen-bond donors (Lipinski definition) is 1. The van der Waals surface area contributed by atoms with Gasteiger partial charge in [0.2, 0.25) is 0 Å². The van der Waals surface area contributed by atoms with E-state index in [1.165, 1.54) is 5.56 Å². The Bertz CT molecular complexity index is 464. The minimum Gasteiger partial charge on any atom is -0.322 e. The Labute approximate surface area is 103 Å². The van der Waals surface area contributed by atoms with Gasteiger partial charge >= 0.3 is 0 Å². The van der Waals surface area contributed by atoms with Crippen LogP contribution >= 0.6 is 22.9 Å². The van der Waals surface area contributed by atoms with Gasteiger partial charge in [0.15, 0.2) is 0 Å². The fourth-order valence-corrected chi connectivity index (χ4v) is 2.25. The summed E-state index contributed by atoms with van der Waals surface area (Å²) in [5.74, 6) is 0. The second-order valence-corrected chi connectivity index (χ2v) is 5.16. The van der Waals surface area contributed by atoms with Gasteiger partial charge in [-0.3, -0.25) is 0 Å².